The summed E-state index contributed by atoms with van der Waals surface area (Å²) in [5.74, 6) is 0.426. The lowest BCUT2D eigenvalue weighted by Crippen LogP contribution is -2.31. The average Bonchev–Trinajstić information content (AvgIpc) is 1.96. The second-order valence-corrected chi connectivity index (χ2v) is 9.18. The van der Waals surface area contributed by atoms with Crippen LogP contribution in [0.15, 0.2) is 0 Å². The van der Waals surface area contributed by atoms with Crippen molar-refractivity contribution in [2.75, 3.05) is 11.5 Å². The normalized spacial score (nSPS) is 12.6. The van der Waals surface area contributed by atoms with E-state index in [0.717, 1.165) is 11.8 Å². The third kappa shape index (κ3) is 13.9. The van der Waals surface area contributed by atoms with Gasteiger partial charge >= 0.3 is 7.82 Å². The number of thioether (sulfide) groups is 1. The fourth-order valence-corrected chi connectivity index (χ4v) is 2.61. The second-order valence-electron chi connectivity index (χ2n) is 4.16. The molecule has 0 saturated heterocycles. The summed E-state index contributed by atoms with van der Waals surface area (Å²) in [5.41, 5.74) is 5.08. The van der Waals surface area contributed by atoms with Crippen LogP contribution in [0, 0.1) is 5.41 Å². The quantitative estimate of drug-likeness (QED) is 0.273. The Balaban J connectivity index is 0. The molecular weight excluding hydrogens is 303 g/mol. The number of phosphoric acid groups is 1. The fourth-order valence-electron chi connectivity index (χ4n) is 0.568. The molecular formula is C7H19N2O6PS2. The summed E-state index contributed by atoms with van der Waals surface area (Å²) in [6.45, 7) is 5.00. The van der Waals surface area contributed by atoms with Crippen molar-refractivity contribution in [3.63, 3.8) is 0 Å². The Hall–Kier alpha value is -0.120. The Morgan fingerprint density at radius 1 is 1.33 bits per heavy atom. The van der Waals surface area contributed by atoms with Crippen molar-refractivity contribution in [3.8, 4) is 0 Å². The fraction of sp³-hybridized carbons (Fsp3) is 0.857. The van der Waals surface area contributed by atoms with Crippen LogP contribution in [0.4, 0.5) is 0 Å². The minimum absolute atomic E-state index is 0.0379. The van der Waals surface area contributed by atoms with Gasteiger partial charge in [-0.15, -0.1) is 0 Å². The van der Waals surface area contributed by atoms with Crippen LogP contribution in [0.3, 0.4) is 0 Å². The lowest BCUT2D eigenvalue weighted by molar-refractivity contribution is 0.275. The zero-order chi connectivity index (χ0) is 15.2. The molecule has 0 aliphatic rings. The summed E-state index contributed by atoms with van der Waals surface area (Å²) in [4.78, 5) is 21.6. The van der Waals surface area contributed by atoms with Crippen molar-refractivity contribution in [3.05, 3.63) is 0 Å². The molecule has 0 spiro atoms. The van der Waals surface area contributed by atoms with E-state index in [-0.39, 0.29) is 10.9 Å². The molecule has 0 aromatic carbocycles. The monoisotopic (exact) mass is 322 g/mol. The highest BCUT2D eigenvalue weighted by atomic mass is 32.2. The highest BCUT2D eigenvalue weighted by Gasteiger charge is 2.28. The minimum atomic E-state index is -4.64. The second kappa shape index (κ2) is 7.46. The lowest BCUT2D eigenvalue weighted by atomic mass is 10.3. The van der Waals surface area contributed by atoms with E-state index in [4.69, 9.17) is 30.4 Å². The summed E-state index contributed by atoms with van der Waals surface area (Å²) in [6.07, 6.45) is 0. The van der Waals surface area contributed by atoms with Crippen LogP contribution < -0.4 is 5.73 Å². The van der Waals surface area contributed by atoms with Crippen LogP contribution in [0.1, 0.15) is 20.8 Å². The molecule has 0 amide bonds. The zero-order valence-corrected chi connectivity index (χ0v) is 12.8. The van der Waals surface area contributed by atoms with Crippen LogP contribution in [-0.2, 0) is 14.4 Å². The molecule has 0 aliphatic carbocycles. The van der Waals surface area contributed by atoms with Crippen LogP contribution in [0.25, 0.3) is 0 Å². The molecule has 0 rings (SSSR count). The van der Waals surface area contributed by atoms with Gasteiger partial charge in [0.25, 0.3) is 0 Å². The number of rotatable bonds is 3. The van der Waals surface area contributed by atoms with Gasteiger partial charge in [0.05, 0.1) is 10.5 Å². The number of sulfone groups is 1. The maximum absolute atomic E-state index is 11.5. The molecule has 0 fully saturated rings. The molecule has 0 atom stereocenters. The first-order valence-corrected chi connectivity index (χ1v) is 8.84. The first kappa shape index (κ1) is 20.2. The molecule has 0 aromatic heterocycles. The van der Waals surface area contributed by atoms with Gasteiger partial charge in [-0.3, -0.25) is 5.41 Å². The molecule has 11 heteroatoms. The zero-order valence-electron chi connectivity index (χ0n) is 10.3. The molecule has 0 radical (unpaired) electrons. The summed E-state index contributed by atoms with van der Waals surface area (Å²) >= 11 is 1.06. The van der Waals surface area contributed by atoms with Crippen LogP contribution >= 0.6 is 19.6 Å². The largest absolute Gasteiger partial charge is 0.466 e. The number of amidine groups is 1. The van der Waals surface area contributed by atoms with Gasteiger partial charge in [0.2, 0.25) is 0 Å². The summed E-state index contributed by atoms with van der Waals surface area (Å²) < 4.78 is 31.2. The van der Waals surface area contributed by atoms with Gasteiger partial charge in [0.1, 0.15) is 0 Å². The topological polar surface area (TPSA) is 162 Å². The molecule has 0 unspecified atom stereocenters. The lowest BCUT2D eigenvalue weighted by Gasteiger charge is -2.18. The Kier molecular flexibility index (Phi) is 8.38. The number of hydrogen-bond donors (Lipinski definition) is 5. The summed E-state index contributed by atoms with van der Waals surface area (Å²) in [5, 5.41) is 6.87. The molecule has 0 aromatic rings. The van der Waals surface area contributed by atoms with Crippen molar-refractivity contribution in [2.45, 2.75) is 25.5 Å². The smallest absolute Gasteiger partial charge is 0.379 e. The molecule has 18 heavy (non-hydrogen) atoms. The van der Waals surface area contributed by atoms with Crippen molar-refractivity contribution in [1.82, 2.24) is 0 Å². The first-order valence-electron chi connectivity index (χ1n) is 4.64. The van der Waals surface area contributed by atoms with E-state index in [9.17, 15) is 8.42 Å². The Labute approximate surface area is 111 Å². The summed E-state index contributed by atoms with van der Waals surface area (Å²) in [7, 11) is -7.71. The highest BCUT2D eigenvalue weighted by molar-refractivity contribution is 8.14. The van der Waals surface area contributed by atoms with E-state index >= 15 is 0 Å². The Bertz CT molecular complexity index is 402. The van der Waals surface area contributed by atoms with E-state index in [2.05, 4.69) is 0 Å². The van der Waals surface area contributed by atoms with Crippen LogP contribution in [0.5, 0.6) is 0 Å². The Morgan fingerprint density at radius 3 is 1.89 bits per heavy atom. The van der Waals surface area contributed by atoms with Crippen molar-refractivity contribution in [2.24, 2.45) is 5.73 Å². The Morgan fingerprint density at radius 2 is 1.67 bits per heavy atom. The maximum Gasteiger partial charge on any atom is 0.466 e. The van der Waals surface area contributed by atoms with Gasteiger partial charge in [-0.25, -0.2) is 13.0 Å². The molecule has 0 heterocycles. The van der Waals surface area contributed by atoms with Crippen molar-refractivity contribution in [1.29, 1.82) is 5.41 Å². The van der Waals surface area contributed by atoms with Crippen LogP contribution in [0.2, 0.25) is 0 Å². The third-order valence-electron chi connectivity index (χ3n) is 1.54. The average molecular weight is 322 g/mol. The molecule has 6 N–H and O–H groups in total. The highest BCUT2D eigenvalue weighted by Crippen LogP contribution is 2.25. The van der Waals surface area contributed by atoms with E-state index in [0.29, 0.717) is 5.75 Å². The van der Waals surface area contributed by atoms with Crippen molar-refractivity contribution >= 4 is 34.6 Å². The predicted octanol–water partition coefficient (Wildman–Crippen LogP) is -0.102. The molecule has 0 bridgehead atoms. The summed E-state index contributed by atoms with van der Waals surface area (Å²) in [6, 6.07) is 0. The SMILES string of the molecule is CC(C)(C)S(=O)(=O)CCSC(=N)N.O=P(O)(O)O. The van der Waals surface area contributed by atoms with E-state index < -0.39 is 22.4 Å². The number of nitrogens with one attached hydrogen (secondary N) is 1. The number of nitrogens with two attached hydrogens (primary N) is 1. The van der Waals surface area contributed by atoms with Crippen LogP contribution in [-0.4, -0.2) is 44.5 Å². The molecule has 0 saturated carbocycles. The molecule has 8 nitrogen and oxygen atoms in total. The van der Waals surface area contributed by atoms with E-state index in [1.807, 2.05) is 0 Å². The van der Waals surface area contributed by atoms with Gasteiger partial charge in [-0.05, 0) is 20.8 Å². The standard InChI is InChI=1S/C7H16N2O2S2.H3O4P/c1-7(2,3)13(10,11)5-4-12-6(8)9;1-5(2,3)4/h4-5H2,1-3H3,(H3,8,9);(H3,1,2,3,4). The predicted molar refractivity (Wildman–Crippen MR) is 72.2 cm³/mol. The third-order valence-corrected chi connectivity index (χ3v) is 5.13. The van der Waals surface area contributed by atoms with Gasteiger partial charge < -0.3 is 20.4 Å². The number of hydrogen-bond acceptors (Lipinski definition) is 5. The minimum Gasteiger partial charge on any atom is -0.379 e. The van der Waals surface area contributed by atoms with Gasteiger partial charge in [0, 0.05) is 5.75 Å². The van der Waals surface area contributed by atoms with E-state index in [1.165, 1.54) is 0 Å². The van der Waals surface area contributed by atoms with E-state index in [1.54, 1.807) is 20.8 Å². The molecule has 110 valence electrons. The van der Waals surface area contributed by atoms with Gasteiger partial charge in [-0.2, -0.15) is 0 Å². The van der Waals surface area contributed by atoms with Crippen molar-refractivity contribution < 1.29 is 27.7 Å². The molecule has 0 aliphatic heterocycles. The maximum atomic E-state index is 11.5. The first-order chi connectivity index (χ1) is 7.67. The van der Waals surface area contributed by atoms with Gasteiger partial charge in [-0.1, -0.05) is 11.8 Å². The van der Waals surface area contributed by atoms with Gasteiger partial charge in [0.15, 0.2) is 15.0 Å².